The van der Waals surface area contributed by atoms with Crippen LogP contribution in [0.4, 0.5) is 4.79 Å². The second-order valence-corrected chi connectivity index (χ2v) is 5.93. The summed E-state index contributed by atoms with van der Waals surface area (Å²) < 4.78 is 4.80. The summed E-state index contributed by atoms with van der Waals surface area (Å²) in [7, 11) is 0. The minimum atomic E-state index is -0.722. The Kier molecular flexibility index (Phi) is 6.68. The van der Waals surface area contributed by atoms with Crippen molar-refractivity contribution in [3.05, 3.63) is 29.8 Å². The number of ether oxygens (including phenoxy) is 1. The molecule has 0 aliphatic rings. The van der Waals surface area contributed by atoms with Crippen LogP contribution in [-0.4, -0.2) is 22.9 Å². The van der Waals surface area contributed by atoms with E-state index in [9.17, 15) is 4.79 Å². The average molecular weight is 308 g/mol. The molecule has 6 heteroatoms. The molecule has 1 amide bonds. The molecule has 100 valence electrons. The Labute approximate surface area is 121 Å². The molecule has 0 radical (unpaired) electrons. The number of rotatable bonds is 5. The van der Waals surface area contributed by atoms with Gasteiger partial charge in [-0.15, -0.1) is 23.2 Å². The number of carbonyl (C=O) groups excluding carboxylic acids is 1. The highest BCUT2D eigenvalue weighted by Crippen LogP contribution is 2.28. The van der Waals surface area contributed by atoms with E-state index in [0.717, 1.165) is 4.90 Å². The molecule has 0 spiro atoms. The van der Waals surface area contributed by atoms with E-state index < -0.39 is 16.3 Å². The molecule has 0 saturated carbocycles. The summed E-state index contributed by atoms with van der Waals surface area (Å²) in [4.78, 5) is 11.6. The van der Waals surface area contributed by atoms with Crippen molar-refractivity contribution in [2.75, 3.05) is 6.61 Å². The van der Waals surface area contributed by atoms with Gasteiger partial charge in [-0.3, -0.25) is 0 Å². The summed E-state index contributed by atoms with van der Waals surface area (Å²) in [6.45, 7) is 4.05. The summed E-state index contributed by atoms with van der Waals surface area (Å²) >= 11 is 13.1. The van der Waals surface area contributed by atoms with Crippen molar-refractivity contribution in [2.24, 2.45) is 0 Å². The van der Waals surface area contributed by atoms with E-state index in [1.54, 1.807) is 6.92 Å². The number of aryl methyl sites for hydroxylation is 1. The Balaban J connectivity index is 2.62. The van der Waals surface area contributed by atoms with Gasteiger partial charge in [0.1, 0.15) is 10.2 Å². The lowest BCUT2D eigenvalue weighted by molar-refractivity contribution is 0.151. The number of alkyl halides is 2. The zero-order valence-electron chi connectivity index (χ0n) is 10.2. The molecule has 0 unspecified atom stereocenters. The molecule has 3 nitrogen and oxygen atoms in total. The number of hydrogen-bond donors (Lipinski definition) is 1. The first-order valence-corrected chi connectivity index (χ1v) is 7.23. The predicted octanol–water partition coefficient (Wildman–Crippen LogP) is 3.96. The van der Waals surface area contributed by atoms with E-state index in [-0.39, 0.29) is 0 Å². The first kappa shape index (κ1) is 15.5. The molecule has 0 bridgehead atoms. The predicted molar refractivity (Wildman–Crippen MR) is 76.5 cm³/mol. The number of halogens is 2. The number of hydrogen-bond acceptors (Lipinski definition) is 3. The zero-order valence-corrected chi connectivity index (χ0v) is 12.5. The standard InChI is InChI=1S/C12H15Cl2NO2S/c1-3-17-12(16)15-11(10(13)14)18-9-6-4-8(2)5-7-9/h4-7,10-11H,3H2,1-2H3,(H,15,16)/t11-/m0/s1. The quantitative estimate of drug-likeness (QED) is 0.508. The number of carbonyl (C=O) groups is 1. The van der Waals surface area contributed by atoms with Crippen molar-refractivity contribution >= 4 is 41.1 Å². The van der Waals surface area contributed by atoms with Crippen molar-refractivity contribution < 1.29 is 9.53 Å². The van der Waals surface area contributed by atoms with Crippen LogP contribution in [0.25, 0.3) is 0 Å². The van der Waals surface area contributed by atoms with E-state index in [0.29, 0.717) is 6.61 Å². The number of alkyl carbamates (subject to hydrolysis) is 1. The van der Waals surface area contributed by atoms with Crippen LogP contribution in [-0.2, 0) is 4.74 Å². The molecule has 0 fully saturated rings. The maximum atomic E-state index is 11.3. The van der Waals surface area contributed by atoms with Crippen LogP contribution in [0.1, 0.15) is 12.5 Å². The minimum absolute atomic E-state index is 0.309. The summed E-state index contributed by atoms with van der Waals surface area (Å²) in [5, 5.41) is 2.17. The third-order valence-corrected chi connectivity index (χ3v) is 4.04. The van der Waals surface area contributed by atoms with Gasteiger partial charge < -0.3 is 10.1 Å². The fourth-order valence-electron chi connectivity index (χ4n) is 1.20. The first-order chi connectivity index (χ1) is 8.52. The second kappa shape index (κ2) is 7.77. The van der Waals surface area contributed by atoms with Crippen LogP contribution in [0.5, 0.6) is 0 Å². The van der Waals surface area contributed by atoms with Gasteiger partial charge in [0.25, 0.3) is 0 Å². The summed E-state index contributed by atoms with van der Waals surface area (Å²) in [6.07, 6.45) is -0.520. The number of amides is 1. The highest BCUT2D eigenvalue weighted by molar-refractivity contribution is 8.00. The van der Waals surface area contributed by atoms with Gasteiger partial charge in [-0.25, -0.2) is 4.79 Å². The molecule has 1 aromatic rings. The minimum Gasteiger partial charge on any atom is -0.450 e. The van der Waals surface area contributed by atoms with E-state index >= 15 is 0 Å². The maximum absolute atomic E-state index is 11.3. The van der Waals surface area contributed by atoms with E-state index in [1.807, 2.05) is 31.2 Å². The summed E-state index contributed by atoms with van der Waals surface area (Å²) in [5.41, 5.74) is 1.17. The summed E-state index contributed by atoms with van der Waals surface area (Å²) in [6, 6.07) is 7.88. The van der Waals surface area contributed by atoms with Gasteiger partial charge in [-0.1, -0.05) is 29.5 Å². The molecule has 1 atom stereocenters. The molecular weight excluding hydrogens is 293 g/mol. The van der Waals surface area contributed by atoms with Gasteiger partial charge in [0.2, 0.25) is 0 Å². The SMILES string of the molecule is CCOC(=O)N[C@@H](Sc1ccc(C)cc1)C(Cl)Cl. The van der Waals surface area contributed by atoms with Gasteiger partial charge in [-0.2, -0.15) is 0 Å². The third kappa shape index (κ3) is 5.38. The van der Waals surface area contributed by atoms with Crippen LogP contribution in [0.15, 0.2) is 29.2 Å². The topological polar surface area (TPSA) is 38.3 Å². The van der Waals surface area contributed by atoms with E-state index in [4.69, 9.17) is 27.9 Å². The van der Waals surface area contributed by atoms with Crippen molar-refractivity contribution in [3.8, 4) is 0 Å². The van der Waals surface area contributed by atoms with Crippen molar-refractivity contribution in [1.29, 1.82) is 0 Å². The van der Waals surface area contributed by atoms with E-state index in [2.05, 4.69) is 5.32 Å². The van der Waals surface area contributed by atoms with Crippen LogP contribution in [0.3, 0.4) is 0 Å². The van der Waals surface area contributed by atoms with Gasteiger partial charge in [0.15, 0.2) is 0 Å². The number of nitrogens with one attached hydrogen (secondary N) is 1. The van der Waals surface area contributed by atoms with Gasteiger partial charge in [0, 0.05) is 4.90 Å². The van der Waals surface area contributed by atoms with Crippen LogP contribution < -0.4 is 5.32 Å². The molecule has 0 heterocycles. The highest BCUT2D eigenvalue weighted by Gasteiger charge is 2.21. The fraction of sp³-hybridized carbons (Fsp3) is 0.417. The highest BCUT2D eigenvalue weighted by atomic mass is 35.5. The fourth-order valence-corrected chi connectivity index (χ4v) is 2.48. The molecule has 0 aliphatic carbocycles. The monoisotopic (exact) mass is 307 g/mol. The molecule has 1 aromatic carbocycles. The average Bonchev–Trinajstić information content (AvgIpc) is 2.31. The smallest absolute Gasteiger partial charge is 0.408 e. The Bertz CT molecular complexity index is 384. The Morgan fingerprint density at radius 2 is 2.00 bits per heavy atom. The molecule has 0 aliphatic heterocycles. The van der Waals surface area contributed by atoms with Gasteiger partial charge in [0.05, 0.1) is 6.61 Å². The lowest BCUT2D eigenvalue weighted by Crippen LogP contribution is -2.37. The van der Waals surface area contributed by atoms with Crippen molar-refractivity contribution in [3.63, 3.8) is 0 Å². The molecule has 0 aromatic heterocycles. The number of benzene rings is 1. The van der Waals surface area contributed by atoms with Gasteiger partial charge >= 0.3 is 6.09 Å². The first-order valence-electron chi connectivity index (χ1n) is 5.47. The Morgan fingerprint density at radius 3 is 2.50 bits per heavy atom. The van der Waals surface area contributed by atoms with Crippen LogP contribution >= 0.6 is 35.0 Å². The molecule has 0 saturated heterocycles. The molecular formula is C12H15Cl2NO2S. The van der Waals surface area contributed by atoms with Crippen LogP contribution in [0, 0.1) is 6.92 Å². The Hall–Kier alpha value is -0.580. The largest absolute Gasteiger partial charge is 0.450 e. The number of thioether (sulfide) groups is 1. The Morgan fingerprint density at radius 1 is 1.39 bits per heavy atom. The maximum Gasteiger partial charge on any atom is 0.408 e. The normalized spacial score (nSPS) is 12.3. The summed E-state index contributed by atoms with van der Waals surface area (Å²) in [5.74, 6) is 0. The third-order valence-electron chi connectivity index (χ3n) is 2.05. The van der Waals surface area contributed by atoms with Crippen molar-refractivity contribution in [2.45, 2.75) is 29.0 Å². The molecule has 1 rings (SSSR count). The van der Waals surface area contributed by atoms with Crippen LogP contribution in [0.2, 0.25) is 0 Å². The second-order valence-electron chi connectivity index (χ2n) is 3.55. The molecule has 18 heavy (non-hydrogen) atoms. The van der Waals surface area contributed by atoms with Crippen molar-refractivity contribution in [1.82, 2.24) is 5.32 Å². The lowest BCUT2D eigenvalue weighted by atomic mass is 10.2. The van der Waals surface area contributed by atoms with E-state index in [1.165, 1.54) is 17.3 Å². The zero-order chi connectivity index (χ0) is 13.5. The molecule has 1 N–H and O–H groups in total. The van der Waals surface area contributed by atoms with Gasteiger partial charge in [-0.05, 0) is 26.0 Å². The lowest BCUT2D eigenvalue weighted by Gasteiger charge is -2.18.